The van der Waals surface area contributed by atoms with Crippen LogP contribution in [0.2, 0.25) is 0 Å². The maximum Gasteiger partial charge on any atom is 0.335 e. The van der Waals surface area contributed by atoms with Gasteiger partial charge in [-0.25, -0.2) is 4.79 Å². The summed E-state index contributed by atoms with van der Waals surface area (Å²) in [5.74, 6) is -0.772. The van der Waals surface area contributed by atoms with Crippen LogP contribution in [0.4, 0.5) is 0 Å². The van der Waals surface area contributed by atoms with E-state index in [1.807, 2.05) is 6.92 Å². The molecule has 23 heavy (non-hydrogen) atoms. The van der Waals surface area contributed by atoms with E-state index in [4.69, 9.17) is 9.84 Å². The molecule has 0 heterocycles. The molecule has 0 saturated carbocycles. The minimum Gasteiger partial charge on any atom is -0.507 e. The van der Waals surface area contributed by atoms with Crippen LogP contribution < -0.4 is 4.74 Å². The second kappa shape index (κ2) is 6.96. The van der Waals surface area contributed by atoms with Crippen molar-refractivity contribution in [3.63, 3.8) is 0 Å². The van der Waals surface area contributed by atoms with Crippen molar-refractivity contribution in [3.05, 3.63) is 58.7 Å². The maximum absolute atomic E-state index is 11.5. The van der Waals surface area contributed by atoms with Gasteiger partial charge in [-0.1, -0.05) is 19.1 Å². The lowest BCUT2D eigenvalue weighted by atomic mass is 10.0. The largest absolute Gasteiger partial charge is 0.507 e. The van der Waals surface area contributed by atoms with Crippen molar-refractivity contribution in [2.45, 2.75) is 26.9 Å². The number of benzene rings is 2. The van der Waals surface area contributed by atoms with Crippen LogP contribution in [0.1, 0.15) is 45.7 Å². The predicted octanol–water partition coefficient (Wildman–Crippen LogP) is 3.43. The Kier molecular flexibility index (Phi) is 5.01. The Labute approximate surface area is 134 Å². The number of carboxylic acids is 1. The van der Waals surface area contributed by atoms with Crippen LogP contribution in [0.25, 0.3) is 0 Å². The van der Waals surface area contributed by atoms with Crippen LogP contribution in [-0.2, 0) is 13.0 Å². The van der Waals surface area contributed by atoms with Gasteiger partial charge in [-0.15, -0.1) is 0 Å². The van der Waals surface area contributed by atoms with Crippen LogP contribution in [-0.4, -0.2) is 22.0 Å². The zero-order chi connectivity index (χ0) is 17.0. The Bertz CT molecular complexity index is 732. The lowest BCUT2D eigenvalue weighted by molar-refractivity contribution is 0.0696. The van der Waals surface area contributed by atoms with Gasteiger partial charge in [-0.3, -0.25) is 4.79 Å². The van der Waals surface area contributed by atoms with Crippen molar-refractivity contribution in [2.75, 3.05) is 0 Å². The van der Waals surface area contributed by atoms with Crippen molar-refractivity contribution in [3.8, 4) is 11.5 Å². The van der Waals surface area contributed by atoms with E-state index in [0.717, 1.165) is 11.1 Å². The van der Waals surface area contributed by atoms with E-state index in [2.05, 4.69) is 0 Å². The maximum atomic E-state index is 11.5. The van der Waals surface area contributed by atoms with Gasteiger partial charge in [-0.05, 0) is 42.7 Å². The molecule has 2 aromatic rings. The number of Topliss-reactive ketones (excluding diaryl/α,β-unsaturated/α-hetero) is 1. The van der Waals surface area contributed by atoms with Crippen molar-refractivity contribution in [1.82, 2.24) is 0 Å². The average Bonchev–Trinajstić information content (AvgIpc) is 2.53. The number of carbonyl (C=O) groups is 2. The van der Waals surface area contributed by atoms with Gasteiger partial charge in [-0.2, -0.15) is 0 Å². The number of hydrogen-bond donors (Lipinski definition) is 2. The fourth-order valence-corrected chi connectivity index (χ4v) is 2.21. The van der Waals surface area contributed by atoms with E-state index in [-0.39, 0.29) is 29.3 Å². The highest BCUT2D eigenvalue weighted by molar-refractivity contribution is 5.97. The topological polar surface area (TPSA) is 83.8 Å². The average molecular weight is 314 g/mol. The minimum absolute atomic E-state index is 0.106. The van der Waals surface area contributed by atoms with Crippen LogP contribution in [0.5, 0.6) is 11.5 Å². The van der Waals surface area contributed by atoms with Gasteiger partial charge >= 0.3 is 5.97 Å². The van der Waals surface area contributed by atoms with Gasteiger partial charge in [0.2, 0.25) is 0 Å². The fourth-order valence-electron chi connectivity index (χ4n) is 2.21. The number of aryl methyl sites for hydroxylation is 1. The highest BCUT2D eigenvalue weighted by Gasteiger charge is 2.13. The molecule has 0 amide bonds. The van der Waals surface area contributed by atoms with E-state index in [9.17, 15) is 14.7 Å². The molecule has 0 fully saturated rings. The smallest absolute Gasteiger partial charge is 0.335 e. The molecule has 0 saturated heterocycles. The molecule has 2 N–H and O–H groups in total. The standard InChI is InChI=1S/C18H18O5/c1-3-13-8-15(11(2)19)16(20)9-17(13)23-10-12-4-6-14(7-5-12)18(21)22/h4-9,20H,3,10H2,1-2H3,(H,21,22). The molecule has 5 heteroatoms. The first kappa shape index (κ1) is 16.5. The molecule has 0 radical (unpaired) electrons. The fraction of sp³-hybridized carbons (Fsp3) is 0.222. The summed E-state index contributed by atoms with van der Waals surface area (Å²) in [6.45, 7) is 3.58. The van der Waals surface area contributed by atoms with Crippen LogP contribution in [0, 0.1) is 0 Å². The van der Waals surface area contributed by atoms with Crippen LogP contribution >= 0.6 is 0 Å². The Hall–Kier alpha value is -2.82. The molecule has 0 unspecified atom stereocenters. The zero-order valence-electron chi connectivity index (χ0n) is 13.0. The molecular weight excluding hydrogens is 296 g/mol. The first-order valence-corrected chi connectivity index (χ1v) is 7.24. The van der Waals surface area contributed by atoms with E-state index in [1.165, 1.54) is 25.1 Å². The first-order valence-electron chi connectivity index (χ1n) is 7.24. The van der Waals surface area contributed by atoms with E-state index in [0.29, 0.717) is 12.2 Å². The van der Waals surface area contributed by atoms with Gasteiger partial charge in [0.25, 0.3) is 0 Å². The molecule has 0 spiro atoms. The summed E-state index contributed by atoms with van der Waals surface area (Å²) < 4.78 is 5.71. The number of ether oxygens (including phenoxy) is 1. The van der Waals surface area contributed by atoms with E-state index in [1.54, 1.807) is 18.2 Å². The molecule has 5 nitrogen and oxygen atoms in total. The van der Waals surface area contributed by atoms with Gasteiger partial charge in [0.1, 0.15) is 18.1 Å². The Morgan fingerprint density at radius 2 is 1.78 bits per heavy atom. The summed E-state index contributed by atoms with van der Waals surface area (Å²) in [4.78, 5) is 22.3. The molecular formula is C18H18O5. The van der Waals surface area contributed by atoms with Crippen molar-refractivity contribution in [1.29, 1.82) is 0 Å². The number of phenolic OH excluding ortho intramolecular Hbond substituents is 1. The number of aromatic carboxylic acids is 1. The zero-order valence-corrected chi connectivity index (χ0v) is 13.0. The Balaban J connectivity index is 2.18. The third kappa shape index (κ3) is 3.88. The highest BCUT2D eigenvalue weighted by atomic mass is 16.5. The summed E-state index contributed by atoms with van der Waals surface area (Å²) >= 11 is 0. The quantitative estimate of drug-likeness (QED) is 0.798. The molecule has 0 aliphatic carbocycles. The number of ketones is 1. The molecule has 0 aliphatic rings. The SMILES string of the molecule is CCc1cc(C(C)=O)c(O)cc1OCc1ccc(C(=O)O)cc1. The normalized spacial score (nSPS) is 10.3. The molecule has 2 aromatic carbocycles. The third-order valence-corrected chi connectivity index (χ3v) is 3.53. The monoisotopic (exact) mass is 314 g/mol. The number of rotatable bonds is 6. The highest BCUT2D eigenvalue weighted by Crippen LogP contribution is 2.29. The number of aromatic hydroxyl groups is 1. The van der Waals surface area contributed by atoms with Gasteiger partial charge in [0, 0.05) is 6.07 Å². The van der Waals surface area contributed by atoms with Gasteiger partial charge < -0.3 is 14.9 Å². The van der Waals surface area contributed by atoms with Crippen molar-refractivity contribution < 1.29 is 24.5 Å². The van der Waals surface area contributed by atoms with Crippen LogP contribution in [0.3, 0.4) is 0 Å². The summed E-state index contributed by atoms with van der Waals surface area (Å²) in [6, 6.07) is 9.47. The van der Waals surface area contributed by atoms with E-state index < -0.39 is 5.97 Å². The summed E-state index contributed by atoms with van der Waals surface area (Å²) in [5.41, 5.74) is 2.13. The molecule has 2 rings (SSSR count). The first-order chi connectivity index (χ1) is 10.9. The number of hydrogen-bond acceptors (Lipinski definition) is 4. The second-order valence-corrected chi connectivity index (χ2v) is 5.18. The third-order valence-electron chi connectivity index (χ3n) is 3.53. The predicted molar refractivity (Wildman–Crippen MR) is 85.2 cm³/mol. The number of carbonyl (C=O) groups excluding carboxylic acids is 1. The molecule has 0 bridgehead atoms. The lowest BCUT2D eigenvalue weighted by Gasteiger charge is -2.13. The number of phenols is 1. The van der Waals surface area contributed by atoms with Gasteiger partial charge in [0.05, 0.1) is 11.1 Å². The van der Waals surface area contributed by atoms with Crippen molar-refractivity contribution >= 4 is 11.8 Å². The van der Waals surface area contributed by atoms with Gasteiger partial charge in [0.15, 0.2) is 5.78 Å². The van der Waals surface area contributed by atoms with Crippen molar-refractivity contribution in [2.24, 2.45) is 0 Å². The molecule has 0 aromatic heterocycles. The Morgan fingerprint density at radius 1 is 1.13 bits per heavy atom. The summed E-state index contributed by atoms with van der Waals surface area (Å²) in [5, 5.41) is 18.8. The molecule has 120 valence electrons. The van der Waals surface area contributed by atoms with Crippen LogP contribution in [0.15, 0.2) is 36.4 Å². The van der Waals surface area contributed by atoms with E-state index >= 15 is 0 Å². The second-order valence-electron chi connectivity index (χ2n) is 5.18. The molecule has 0 atom stereocenters. The summed E-state index contributed by atoms with van der Waals surface area (Å²) in [6.07, 6.45) is 0.661. The molecule has 0 aliphatic heterocycles. The Morgan fingerprint density at radius 3 is 2.30 bits per heavy atom. The summed E-state index contributed by atoms with van der Waals surface area (Å²) in [7, 11) is 0. The lowest BCUT2D eigenvalue weighted by Crippen LogP contribution is -2.02. The number of carboxylic acid groups (broad SMARTS) is 1. The minimum atomic E-state index is -0.976.